The Labute approximate surface area is 144 Å². The molecule has 0 saturated heterocycles. The number of rotatable bonds is 5. The highest BCUT2D eigenvalue weighted by molar-refractivity contribution is 8.07. The molecule has 0 aliphatic carbocycles. The molecular weight excluding hydrogens is 349 g/mol. The van der Waals surface area contributed by atoms with Gasteiger partial charge in [0.2, 0.25) is 0 Å². The zero-order valence-electron chi connectivity index (χ0n) is 13.0. The van der Waals surface area contributed by atoms with Gasteiger partial charge in [-0.25, -0.2) is 4.90 Å². The van der Waals surface area contributed by atoms with Gasteiger partial charge in [0.15, 0.2) is 0 Å². The molecule has 0 spiro atoms. The Morgan fingerprint density at radius 3 is 2.17 bits per heavy atom. The molecule has 0 atom stereocenters. The second kappa shape index (κ2) is 6.45. The number of amides is 2. The molecule has 1 aliphatic rings. The molecule has 0 saturated carbocycles. The van der Waals surface area contributed by atoms with E-state index in [1.807, 2.05) is 6.07 Å². The van der Waals surface area contributed by atoms with Crippen molar-refractivity contribution < 1.29 is 23.2 Å². The summed E-state index contributed by atoms with van der Waals surface area (Å²) in [6.07, 6.45) is 0. The van der Waals surface area contributed by atoms with Crippen molar-refractivity contribution in [2.45, 2.75) is 0 Å². The lowest BCUT2D eigenvalue weighted by atomic mass is 10.1. The van der Waals surface area contributed by atoms with Crippen molar-refractivity contribution in [3.05, 3.63) is 59.7 Å². The summed E-state index contributed by atoms with van der Waals surface area (Å²) in [5.41, 5.74) is 1.10. The molecular formula is C16H14NO5PS. The van der Waals surface area contributed by atoms with E-state index in [1.54, 1.807) is 36.4 Å². The number of carbonyl (C=O) groups excluding carboxylic acids is 2. The average molecular weight is 363 g/mol. The topological polar surface area (TPSA) is 65.1 Å². The summed E-state index contributed by atoms with van der Waals surface area (Å²) >= 11 is 5.15. The first-order valence-electron chi connectivity index (χ1n) is 6.98. The normalized spacial score (nSPS) is 14.0. The Balaban J connectivity index is 1.96. The third-order valence-electron chi connectivity index (χ3n) is 3.54. The van der Waals surface area contributed by atoms with Crippen LogP contribution in [-0.4, -0.2) is 26.0 Å². The Morgan fingerprint density at radius 2 is 1.54 bits per heavy atom. The van der Waals surface area contributed by atoms with Gasteiger partial charge in [-0.2, -0.15) is 0 Å². The van der Waals surface area contributed by atoms with Crippen LogP contribution in [0.1, 0.15) is 20.7 Å². The maximum absolute atomic E-state index is 12.6. The van der Waals surface area contributed by atoms with Crippen LogP contribution in [0.4, 0.5) is 5.69 Å². The van der Waals surface area contributed by atoms with Gasteiger partial charge in [-0.3, -0.25) is 9.59 Å². The van der Waals surface area contributed by atoms with Gasteiger partial charge in [-0.15, -0.1) is 0 Å². The van der Waals surface area contributed by atoms with E-state index in [2.05, 4.69) is 0 Å². The zero-order valence-corrected chi connectivity index (χ0v) is 14.7. The van der Waals surface area contributed by atoms with Gasteiger partial charge < -0.3 is 13.6 Å². The molecule has 0 fully saturated rings. The molecule has 0 N–H and O–H groups in total. The molecule has 2 aromatic rings. The lowest BCUT2D eigenvalue weighted by Crippen LogP contribution is -2.29. The maximum atomic E-state index is 12.6. The molecule has 24 heavy (non-hydrogen) atoms. The molecule has 1 aliphatic heterocycles. The van der Waals surface area contributed by atoms with Crippen LogP contribution in [0, 0.1) is 0 Å². The van der Waals surface area contributed by atoms with Crippen molar-refractivity contribution in [1.82, 2.24) is 0 Å². The first-order chi connectivity index (χ1) is 11.5. The Morgan fingerprint density at radius 1 is 0.917 bits per heavy atom. The van der Waals surface area contributed by atoms with Crippen LogP contribution in [0.15, 0.2) is 48.5 Å². The minimum atomic E-state index is -2.91. The van der Waals surface area contributed by atoms with Crippen molar-refractivity contribution in [2.24, 2.45) is 0 Å². The number of imide groups is 1. The molecule has 3 rings (SSSR count). The minimum absolute atomic E-state index is 0.259. The molecule has 8 heteroatoms. The number of carbonyl (C=O) groups is 2. The van der Waals surface area contributed by atoms with E-state index in [0.29, 0.717) is 17.0 Å². The van der Waals surface area contributed by atoms with Gasteiger partial charge >= 0.3 is 6.72 Å². The van der Waals surface area contributed by atoms with E-state index in [9.17, 15) is 9.59 Å². The largest absolute Gasteiger partial charge is 0.424 e. The van der Waals surface area contributed by atoms with Crippen molar-refractivity contribution in [2.75, 3.05) is 19.1 Å². The lowest BCUT2D eigenvalue weighted by Gasteiger charge is -2.18. The lowest BCUT2D eigenvalue weighted by molar-refractivity contribution is 0.0926. The van der Waals surface area contributed by atoms with Crippen LogP contribution in [0.2, 0.25) is 0 Å². The number of benzene rings is 2. The summed E-state index contributed by atoms with van der Waals surface area (Å²) in [7, 11) is 2.78. The average Bonchev–Trinajstić information content (AvgIpc) is 2.86. The monoisotopic (exact) mass is 363 g/mol. The Hall–Kier alpha value is -2.05. The summed E-state index contributed by atoms with van der Waals surface area (Å²) in [6.45, 7) is -2.91. The predicted molar refractivity (Wildman–Crippen MR) is 93.0 cm³/mol. The van der Waals surface area contributed by atoms with E-state index in [1.165, 1.54) is 20.3 Å². The van der Waals surface area contributed by atoms with Gasteiger partial charge in [-0.1, -0.05) is 18.2 Å². The van der Waals surface area contributed by atoms with Crippen LogP contribution >= 0.6 is 6.72 Å². The highest BCUT2D eigenvalue weighted by Crippen LogP contribution is 2.48. The van der Waals surface area contributed by atoms with Crippen LogP contribution in [0.3, 0.4) is 0 Å². The fourth-order valence-electron chi connectivity index (χ4n) is 2.37. The molecule has 0 bridgehead atoms. The quantitative estimate of drug-likeness (QED) is 0.599. The van der Waals surface area contributed by atoms with Crippen molar-refractivity contribution in [1.29, 1.82) is 0 Å². The van der Waals surface area contributed by atoms with Crippen LogP contribution in [0.25, 0.3) is 0 Å². The number of para-hydroxylation sites is 1. The van der Waals surface area contributed by atoms with Crippen LogP contribution in [0.5, 0.6) is 5.75 Å². The van der Waals surface area contributed by atoms with Gasteiger partial charge in [0.1, 0.15) is 5.75 Å². The Kier molecular flexibility index (Phi) is 4.51. The van der Waals surface area contributed by atoms with Gasteiger partial charge in [0.05, 0.1) is 16.8 Å². The van der Waals surface area contributed by atoms with Gasteiger partial charge in [0, 0.05) is 26.0 Å². The molecule has 0 aromatic heterocycles. The predicted octanol–water partition coefficient (Wildman–Crippen LogP) is 3.38. The second-order valence-corrected chi connectivity index (χ2v) is 8.04. The molecule has 124 valence electrons. The van der Waals surface area contributed by atoms with Crippen molar-refractivity contribution in [3.8, 4) is 5.75 Å². The van der Waals surface area contributed by atoms with Gasteiger partial charge in [-0.05, 0) is 30.3 Å². The first kappa shape index (κ1) is 16.8. The highest BCUT2D eigenvalue weighted by atomic mass is 32.5. The summed E-state index contributed by atoms with van der Waals surface area (Å²) in [6, 6.07) is 13.3. The summed E-state index contributed by atoms with van der Waals surface area (Å²) in [5.74, 6) is -0.461. The molecule has 0 unspecified atom stereocenters. The third-order valence-corrected chi connectivity index (χ3v) is 5.98. The minimum Gasteiger partial charge on any atom is -0.424 e. The number of fused-ring (bicyclic) bond motifs is 1. The fraction of sp³-hybridized carbons (Fsp3) is 0.125. The number of hydrogen-bond donors (Lipinski definition) is 0. The number of hydrogen-bond acceptors (Lipinski definition) is 6. The SMILES string of the molecule is COP(=S)(OC)Oc1ccc2c(c1)C(=O)N(c1ccccc1)C2=O. The second-order valence-electron chi connectivity index (χ2n) is 4.89. The maximum Gasteiger partial charge on any atom is 0.380 e. The molecule has 1 heterocycles. The van der Waals surface area contributed by atoms with Crippen LogP contribution < -0.4 is 9.42 Å². The highest BCUT2D eigenvalue weighted by Gasteiger charge is 2.37. The summed E-state index contributed by atoms with van der Waals surface area (Å²) in [5, 5.41) is 0. The molecule has 2 amide bonds. The molecule has 0 radical (unpaired) electrons. The number of nitrogens with zero attached hydrogens (tertiary/aromatic N) is 1. The van der Waals surface area contributed by atoms with Crippen molar-refractivity contribution in [3.63, 3.8) is 0 Å². The van der Waals surface area contributed by atoms with E-state index in [4.69, 9.17) is 25.4 Å². The summed E-state index contributed by atoms with van der Waals surface area (Å²) in [4.78, 5) is 26.3. The van der Waals surface area contributed by atoms with E-state index in [-0.39, 0.29) is 11.5 Å². The Bertz CT molecular complexity index is 847. The smallest absolute Gasteiger partial charge is 0.380 e. The van der Waals surface area contributed by atoms with E-state index >= 15 is 0 Å². The van der Waals surface area contributed by atoms with E-state index < -0.39 is 12.6 Å². The fourth-order valence-corrected chi connectivity index (χ4v) is 3.29. The molecule has 2 aromatic carbocycles. The number of anilines is 1. The first-order valence-corrected chi connectivity index (χ1v) is 9.53. The standard InChI is InChI=1S/C16H14NO5PS/c1-20-23(24,21-2)22-12-8-9-13-14(10-12)16(19)17(15(13)18)11-6-4-3-5-7-11/h3-10H,1-2H3. The third kappa shape index (κ3) is 2.87. The van der Waals surface area contributed by atoms with Crippen LogP contribution in [-0.2, 0) is 20.9 Å². The summed E-state index contributed by atoms with van der Waals surface area (Å²) < 4.78 is 15.7. The molecule has 6 nitrogen and oxygen atoms in total. The zero-order chi connectivity index (χ0) is 17.3. The van der Waals surface area contributed by atoms with Crippen molar-refractivity contribution >= 4 is 36.0 Å². The van der Waals surface area contributed by atoms with Gasteiger partial charge in [0.25, 0.3) is 11.8 Å². The van der Waals surface area contributed by atoms with E-state index in [0.717, 1.165) is 4.90 Å².